The van der Waals surface area contributed by atoms with E-state index in [1.807, 2.05) is 6.92 Å². The molecule has 1 N–H and O–H groups in total. The average molecular weight is 340 g/mol. The van der Waals surface area contributed by atoms with Crippen molar-refractivity contribution < 1.29 is 5.11 Å². The van der Waals surface area contributed by atoms with E-state index in [-0.39, 0.29) is 5.75 Å². The molecule has 1 heterocycles. The van der Waals surface area contributed by atoms with Crippen LogP contribution in [0.3, 0.4) is 0 Å². The van der Waals surface area contributed by atoms with Crippen molar-refractivity contribution in [3.05, 3.63) is 44.1 Å². The predicted molar refractivity (Wildman–Crippen MR) is 81.7 cm³/mol. The van der Waals surface area contributed by atoms with Crippen LogP contribution < -0.4 is 4.80 Å². The monoisotopic (exact) mass is 339 g/mol. The molecule has 0 radical (unpaired) electrons. The Kier molecular flexibility index (Phi) is 4.55. The number of thiazole rings is 1. The second kappa shape index (κ2) is 6.16. The van der Waals surface area contributed by atoms with Gasteiger partial charge in [0, 0.05) is 27.7 Å². The topological polar surface area (TPSA) is 49.9 Å². The maximum Gasteiger partial charge on any atom is 0.210 e. The van der Waals surface area contributed by atoms with Crippen molar-refractivity contribution in [1.82, 2.24) is 4.57 Å². The lowest BCUT2D eigenvalue weighted by atomic mass is 10.2. The molecule has 1 aromatic carbocycles. The van der Waals surface area contributed by atoms with Crippen LogP contribution >= 0.6 is 27.3 Å². The molecular weight excluding hydrogens is 326 g/mol. The van der Waals surface area contributed by atoms with Crippen LogP contribution in [0.2, 0.25) is 0 Å². The number of hydrogen-bond acceptors (Lipinski definition) is 4. The predicted octanol–water partition coefficient (Wildman–Crippen LogP) is 3.28. The van der Waals surface area contributed by atoms with Gasteiger partial charge in [-0.15, -0.1) is 16.4 Å². The summed E-state index contributed by atoms with van der Waals surface area (Å²) in [4.78, 5) is 0.853. The Hall–Kier alpha value is -1.40. The van der Waals surface area contributed by atoms with Crippen molar-refractivity contribution in [2.45, 2.75) is 20.4 Å². The summed E-state index contributed by atoms with van der Waals surface area (Å²) in [5, 5.41) is 20.0. The molecule has 0 atom stereocenters. The van der Waals surface area contributed by atoms with Crippen LogP contribution in [-0.2, 0) is 6.54 Å². The lowest BCUT2D eigenvalue weighted by molar-refractivity contribution is 0.474. The van der Waals surface area contributed by atoms with E-state index >= 15 is 0 Å². The maximum absolute atomic E-state index is 9.68. The number of hydrogen-bond donors (Lipinski definition) is 1. The van der Waals surface area contributed by atoms with Crippen LogP contribution in [0.5, 0.6) is 5.75 Å². The van der Waals surface area contributed by atoms with Gasteiger partial charge in [-0.1, -0.05) is 15.9 Å². The summed E-state index contributed by atoms with van der Waals surface area (Å²) in [5.41, 5.74) is 1.81. The summed E-state index contributed by atoms with van der Waals surface area (Å²) in [6.07, 6.45) is 1.55. The summed E-state index contributed by atoms with van der Waals surface area (Å²) in [6.45, 7) is 4.98. The molecule has 0 aliphatic carbocycles. The van der Waals surface area contributed by atoms with Crippen molar-refractivity contribution in [1.29, 1.82) is 0 Å². The fourth-order valence-electron chi connectivity index (χ4n) is 1.65. The van der Waals surface area contributed by atoms with Crippen molar-refractivity contribution in [2.24, 2.45) is 10.2 Å². The van der Waals surface area contributed by atoms with Gasteiger partial charge < -0.3 is 9.67 Å². The summed E-state index contributed by atoms with van der Waals surface area (Å²) in [7, 11) is 0. The third kappa shape index (κ3) is 3.33. The number of phenols is 1. The fraction of sp³-hybridized carbons (Fsp3) is 0.231. The Morgan fingerprint density at radius 2 is 2.26 bits per heavy atom. The largest absolute Gasteiger partial charge is 0.507 e. The number of halogens is 1. The van der Waals surface area contributed by atoms with Gasteiger partial charge in [0.25, 0.3) is 0 Å². The van der Waals surface area contributed by atoms with E-state index in [1.165, 1.54) is 5.69 Å². The normalized spacial score (nSPS) is 12.5. The van der Waals surface area contributed by atoms with Crippen LogP contribution in [0, 0.1) is 6.92 Å². The van der Waals surface area contributed by atoms with Gasteiger partial charge in [0.2, 0.25) is 4.80 Å². The van der Waals surface area contributed by atoms with Gasteiger partial charge in [0.15, 0.2) is 0 Å². The fourth-order valence-corrected chi connectivity index (χ4v) is 2.92. The molecule has 0 aliphatic rings. The minimum Gasteiger partial charge on any atom is -0.507 e. The van der Waals surface area contributed by atoms with E-state index in [9.17, 15) is 5.11 Å². The number of aromatic hydroxyl groups is 1. The average Bonchev–Trinajstić information content (AvgIpc) is 2.74. The van der Waals surface area contributed by atoms with Gasteiger partial charge in [0.05, 0.1) is 6.21 Å². The van der Waals surface area contributed by atoms with Crippen LogP contribution in [0.15, 0.2) is 38.3 Å². The molecule has 2 aromatic rings. The highest BCUT2D eigenvalue weighted by molar-refractivity contribution is 9.10. The van der Waals surface area contributed by atoms with Gasteiger partial charge in [-0.2, -0.15) is 5.10 Å². The second-order valence-electron chi connectivity index (χ2n) is 3.95. The van der Waals surface area contributed by atoms with E-state index < -0.39 is 0 Å². The van der Waals surface area contributed by atoms with Crippen molar-refractivity contribution in [3.63, 3.8) is 0 Å². The Morgan fingerprint density at radius 1 is 1.47 bits per heavy atom. The Labute approximate surface area is 123 Å². The van der Waals surface area contributed by atoms with Crippen molar-refractivity contribution >= 4 is 33.5 Å². The number of benzene rings is 1. The van der Waals surface area contributed by atoms with Gasteiger partial charge in [-0.3, -0.25) is 0 Å². The molecular formula is C13H14BrN3OS. The first-order valence-corrected chi connectivity index (χ1v) is 7.49. The van der Waals surface area contributed by atoms with Crippen molar-refractivity contribution in [3.8, 4) is 5.75 Å². The summed E-state index contributed by atoms with van der Waals surface area (Å²) in [6, 6.07) is 5.19. The first kappa shape index (κ1) is 14.0. The number of rotatable bonds is 3. The number of aromatic nitrogens is 1. The zero-order chi connectivity index (χ0) is 13.8. The Balaban J connectivity index is 2.30. The minimum absolute atomic E-state index is 0.188. The highest BCUT2D eigenvalue weighted by Crippen LogP contribution is 2.19. The molecule has 19 heavy (non-hydrogen) atoms. The Bertz CT molecular complexity index is 673. The molecule has 6 heteroatoms. The zero-order valence-corrected chi connectivity index (χ0v) is 13.1. The minimum atomic E-state index is 0.188. The molecule has 0 amide bonds. The molecule has 0 fully saturated rings. The second-order valence-corrected chi connectivity index (χ2v) is 5.70. The van der Waals surface area contributed by atoms with Gasteiger partial charge >= 0.3 is 0 Å². The summed E-state index contributed by atoms with van der Waals surface area (Å²) >= 11 is 4.91. The van der Waals surface area contributed by atoms with Crippen LogP contribution in [0.1, 0.15) is 18.2 Å². The molecule has 0 saturated carbocycles. The number of phenolic OH excluding ortho intramolecular Hbond substituents is 1. The number of nitrogens with zero attached hydrogens (tertiary/aromatic N) is 3. The van der Waals surface area contributed by atoms with E-state index in [2.05, 4.69) is 43.0 Å². The molecule has 0 spiro atoms. The summed E-state index contributed by atoms with van der Waals surface area (Å²) < 4.78 is 2.98. The quantitative estimate of drug-likeness (QED) is 0.677. The van der Waals surface area contributed by atoms with E-state index in [4.69, 9.17) is 0 Å². The molecule has 0 bridgehead atoms. The highest BCUT2D eigenvalue weighted by atomic mass is 79.9. The SMILES string of the molecule is CCn1c(C)csc1=NN=Cc1cc(Br)ccc1O. The molecule has 2 rings (SSSR count). The van der Waals surface area contributed by atoms with Gasteiger partial charge in [0.1, 0.15) is 5.75 Å². The van der Waals surface area contributed by atoms with Gasteiger partial charge in [-0.05, 0) is 32.0 Å². The van der Waals surface area contributed by atoms with Gasteiger partial charge in [-0.25, -0.2) is 0 Å². The maximum atomic E-state index is 9.68. The van der Waals surface area contributed by atoms with E-state index in [0.29, 0.717) is 5.56 Å². The molecule has 4 nitrogen and oxygen atoms in total. The Morgan fingerprint density at radius 3 is 3.00 bits per heavy atom. The third-order valence-corrected chi connectivity index (χ3v) is 4.10. The molecule has 0 unspecified atom stereocenters. The molecule has 1 aromatic heterocycles. The van der Waals surface area contributed by atoms with Crippen LogP contribution in [0.25, 0.3) is 0 Å². The van der Waals surface area contributed by atoms with E-state index in [0.717, 1.165) is 15.8 Å². The first-order chi connectivity index (χ1) is 9.11. The van der Waals surface area contributed by atoms with Crippen LogP contribution in [0.4, 0.5) is 0 Å². The standard InChI is InChI=1S/C13H14BrN3OS/c1-3-17-9(2)8-19-13(17)16-15-7-10-6-11(14)4-5-12(10)18/h4-8,18H,3H2,1-2H3. The first-order valence-electron chi connectivity index (χ1n) is 5.82. The third-order valence-electron chi connectivity index (χ3n) is 2.64. The zero-order valence-electron chi connectivity index (χ0n) is 10.7. The number of aryl methyl sites for hydroxylation is 1. The smallest absolute Gasteiger partial charge is 0.210 e. The van der Waals surface area contributed by atoms with E-state index in [1.54, 1.807) is 35.8 Å². The van der Waals surface area contributed by atoms with Crippen LogP contribution in [-0.4, -0.2) is 15.9 Å². The molecule has 0 saturated heterocycles. The summed E-state index contributed by atoms with van der Waals surface area (Å²) in [5.74, 6) is 0.188. The highest BCUT2D eigenvalue weighted by Gasteiger charge is 1.99. The molecule has 100 valence electrons. The lowest BCUT2D eigenvalue weighted by Gasteiger charge is -1.99. The van der Waals surface area contributed by atoms with Crippen molar-refractivity contribution in [2.75, 3.05) is 0 Å². The molecule has 0 aliphatic heterocycles. The lowest BCUT2D eigenvalue weighted by Crippen LogP contribution is -2.14.